The van der Waals surface area contributed by atoms with E-state index in [1.54, 1.807) is 25.3 Å². The van der Waals surface area contributed by atoms with Crippen molar-refractivity contribution in [1.82, 2.24) is 10.2 Å². The number of amides is 1. The van der Waals surface area contributed by atoms with E-state index in [4.69, 9.17) is 18.9 Å². The summed E-state index contributed by atoms with van der Waals surface area (Å²) in [4.78, 5) is 15.0. The second kappa shape index (κ2) is 11.2. The second-order valence-corrected chi connectivity index (χ2v) is 8.30. The van der Waals surface area contributed by atoms with Crippen LogP contribution in [0.2, 0.25) is 0 Å². The molecular weight excluding hydrogens is 424 g/mol. The predicted molar refractivity (Wildman–Crippen MR) is 123 cm³/mol. The van der Waals surface area contributed by atoms with Gasteiger partial charge in [0.1, 0.15) is 30.8 Å². The number of nitrogens with one attached hydrogen (secondary N) is 1. The van der Waals surface area contributed by atoms with Crippen molar-refractivity contribution in [3.05, 3.63) is 48.0 Å². The molecule has 0 aliphatic carbocycles. The molecule has 2 aromatic carbocycles. The molecule has 0 spiro atoms. The molecule has 1 unspecified atom stereocenters. The summed E-state index contributed by atoms with van der Waals surface area (Å²) >= 11 is 0. The second-order valence-electron chi connectivity index (χ2n) is 8.30. The quantitative estimate of drug-likeness (QED) is 0.568. The Morgan fingerprint density at radius 3 is 2.48 bits per heavy atom. The molecule has 2 atom stereocenters. The molecule has 0 aromatic heterocycles. The van der Waals surface area contributed by atoms with Crippen LogP contribution in [0.5, 0.6) is 23.0 Å². The van der Waals surface area contributed by atoms with Crippen molar-refractivity contribution in [3.63, 3.8) is 0 Å². The third-order valence-corrected chi connectivity index (χ3v) is 5.95. The SMILES string of the molecule is COc1ccc(OCCC(=O)N[C@@H](CN2CCCC2)C(O)c2ccc3c(c2)OCCO3)cc1. The summed E-state index contributed by atoms with van der Waals surface area (Å²) in [7, 11) is 1.61. The summed E-state index contributed by atoms with van der Waals surface area (Å²) < 4.78 is 22.1. The number of likely N-dealkylation sites (tertiary alicyclic amines) is 1. The Balaban J connectivity index is 1.36. The first-order chi connectivity index (χ1) is 16.1. The highest BCUT2D eigenvalue weighted by atomic mass is 16.6. The molecule has 8 nitrogen and oxygen atoms in total. The Morgan fingerprint density at radius 2 is 1.76 bits per heavy atom. The first-order valence-electron chi connectivity index (χ1n) is 11.5. The van der Waals surface area contributed by atoms with Crippen molar-refractivity contribution in [2.24, 2.45) is 0 Å². The van der Waals surface area contributed by atoms with Crippen LogP contribution in [0.1, 0.15) is 30.9 Å². The first kappa shape index (κ1) is 23.2. The third kappa shape index (κ3) is 6.30. The molecule has 0 bridgehead atoms. The summed E-state index contributed by atoms with van der Waals surface area (Å²) in [6.07, 6.45) is 1.59. The van der Waals surface area contributed by atoms with E-state index in [2.05, 4.69) is 10.2 Å². The molecule has 4 rings (SSSR count). The van der Waals surface area contributed by atoms with Crippen molar-refractivity contribution in [3.8, 4) is 23.0 Å². The van der Waals surface area contributed by atoms with Crippen molar-refractivity contribution in [2.75, 3.05) is 46.6 Å². The minimum absolute atomic E-state index is 0.163. The van der Waals surface area contributed by atoms with Gasteiger partial charge in [0.05, 0.1) is 26.2 Å². The van der Waals surface area contributed by atoms with Crippen LogP contribution in [-0.4, -0.2) is 68.5 Å². The molecule has 2 N–H and O–H groups in total. The van der Waals surface area contributed by atoms with E-state index in [0.29, 0.717) is 42.6 Å². The smallest absolute Gasteiger partial charge is 0.223 e. The summed E-state index contributed by atoms with van der Waals surface area (Å²) in [5.41, 5.74) is 0.693. The van der Waals surface area contributed by atoms with E-state index in [0.717, 1.165) is 31.7 Å². The zero-order valence-corrected chi connectivity index (χ0v) is 19.0. The van der Waals surface area contributed by atoms with E-state index in [1.165, 1.54) is 0 Å². The van der Waals surface area contributed by atoms with E-state index >= 15 is 0 Å². The van der Waals surface area contributed by atoms with Gasteiger partial charge in [0.15, 0.2) is 11.5 Å². The minimum Gasteiger partial charge on any atom is -0.497 e. The van der Waals surface area contributed by atoms with E-state index < -0.39 is 12.1 Å². The number of ether oxygens (including phenoxy) is 4. The van der Waals surface area contributed by atoms with Gasteiger partial charge in [-0.3, -0.25) is 4.79 Å². The zero-order chi connectivity index (χ0) is 23.0. The highest BCUT2D eigenvalue weighted by Crippen LogP contribution is 2.33. The Hall–Kier alpha value is -2.97. The van der Waals surface area contributed by atoms with Gasteiger partial charge in [-0.25, -0.2) is 0 Å². The van der Waals surface area contributed by atoms with Crippen LogP contribution in [0, 0.1) is 0 Å². The average molecular weight is 457 g/mol. The molecule has 1 saturated heterocycles. The minimum atomic E-state index is -0.868. The lowest BCUT2D eigenvalue weighted by atomic mass is 10.0. The van der Waals surface area contributed by atoms with Crippen LogP contribution >= 0.6 is 0 Å². The number of methoxy groups -OCH3 is 1. The molecular formula is C25H32N2O6. The molecule has 2 aliphatic heterocycles. The fourth-order valence-electron chi connectivity index (χ4n) is 4.16. The molecule has 0 radical (unpaired) electrons. The lowest BCUT2D eigenvalue weighted by molar-refractivity contribution is -0.123. The number of hydrogen-bond donors (Lipinski definition) is 2. The number of nitrogens with zero attached hydrogens (tertiary/aromatic N) is 1. The number of aliphatic hydroxyl groups is 1. The Labute approximate surface area is 194 Å². The highest BCUT2D eigenvalue weighted by molar-refractivity contribution is 5.76. The number of aliphatic hydroxyl groups excluding tert-OH is 1. The molecule has 178 valence electrons. The van der Waals surface area contributed by atoms with Gasteiger partial charge in [-0.2, -0.15) is 0 Å². The summed E-state index contributed by atoms with van der Waals surface area (Å²) in [6.45, 7) is 3.77. The Kier molecular flexibility index (Phi) is 7.91. The maximum Gasteiger partial charge on any atom is 0.223 e. The maximum atomic E-state index is 12.7. The fraction of sp³-hybridized carbons (Fsp3) is 0.480. The highest BCUT2D eigenvalue weighted by Gasteiger charge is 2.27. The predicted octanol–water partition coefficient (Wildman–Crippen LogP) is 2.55. The largest absolute Gasteiger partial charge is 0.497 e. The van der Waals surface area contributed by atoms with E-state index in [-0.39, 0.29) is 18.9 Å². The van der Waals surface area contributed by atoms with Crippen LogP contribution < -0.4 is 24.3 Å². The van der Waals surface area contributed by atoms with Gasteiger partial charge in [-0.1, -0.05) is 6.07 Å². The fourth-order valence-corrected chi connectivity index (χ4v) is 4.16. The average Bonchev–Trinajstić information content (AvgIpc) is 3.36. The number of benzene rings is 2. The van der Waals surface area contributed by atoms with Gasteiger partial charge in [0, 0.05) is 6.54 Å². The monoisotopic (exact) mass is 456 g/mol. The summed E-state index contributed by atoms with van der Waals surface area (Å²) in [6, 6.07) is 12.2. The Bertz CT molecular complexity index is 914. The van der Waals surface area contributed by atoms with Gasteiger partial charge in [-0.15, -0.1) is 0 Å². The van der Waals surface area contributed by atoms with Crippen LogP contribution in [0.3, 0.4) is 0 Å². The summed E-state index contributed by atoms with van der Waals surface area (Å²) in [5.74, 6) is 2.56. The van der Waals surface area contributed by atoms with Gasteiger partial charge in [-0.05, 0) is 67.9 Å². The van der Waals surface area contributed by atoms with E-state index in [9.17, 15) is 9.90 Å². The van der Waals surface area contributed by atoms with Crippen molar-refractivity contribution in [1.29, 1.82) is 0 Å². The van der Waals surface area contributed by atoms with Crippen LogP contribution in [0.15, 0.2) is 42.5 Å². The van der Waals surface area contributed by atoms with Gasteiger partial charge < -0.3 is 34.3 Å². The van der Waals surface area contributed by atoms with Crippen LogP contribution in [0.25, 0.3) is 0 Å². The van der Waals surface area contributed by atoms with Crippen LogP contribution in [0.4, 0.5) is 0 Å². The molecule has 1 amide bonds. The molecule has 2 heterocycles. The molecule has 2 aliphatic rings. The van der Waals surface area contributed by atoms with Gasteiger partial charge in [0.25, 0.3) is 0 Å². The normalized spacial score (nSPS) is 17.3. The molecule has 1 fully saturated rings. The lowest BCUT2D eigenvalue weighted by Crippen LogP contribution is -2.47. The van der Waals surface area contributed by atoms with Gasteiger partial charge >= 0.3 is 0 Å². The molecule has 0 saturated carbocycles. The molecule has 33 heavy (non-hydrogen) atoms. The Morgan fingerprint density at radius 1 is 1.06 bits per heavy atom. The first-order valence-corrected chi connectivity index (χ1v) is 11.5. The number of hydrogen-bond acceptors (Lipinski definition) is 7. The standard InChI is InChI=1S/C25H32N2O6/c1-30-19-5-7-20(8-6-19)31-13-10-24(28)26-21(17-27-11-2-3-12-27)25(29)18-4-9-22-23(16-18)33-15-14-32-22/h4-9,16,21,25,29H,2-3,10-15,17H2,1H3,(H,26,28)/t21-,25?/m0/s1. The van der Waals surface area contributed by atoms with Crippen molar-refractivity contribution in [2.45, 2.75) is 31.4 Å². The molecule has 8 heteroatoms. The molecule has 2 aromatic rings. The summed E-state index contributed by atoms with van der Waals surface area (Å²) in [5, 5.41) is 14.2. The van der Waals surface area contributed by atoms with E-state index in [1.807, 2.05) is 24.3 Å². The third-order valence-electron chi connectivity index (χ3n) is 5.95. The topological polar surface area (TPSA) is 89.5 Å². The van der Waals surface area contributed by atoms with Crippen molar-refractivity contribution >= 4 is 5.91 Å². The number of rotatable bonds is 10. The van der Waals surface area contributed by atoms with Crippen molar-refractivity contribution < 1.29 is 28.8 Å². The number of fused-ring (bicyclic) bond motifs is 1. The maximum absolute atomic E-state index is 12.7. The lowest BCUT2D eigenvalue weighted by Gasteiger charge is -2.29. The number of carbonyl (C=O) groups is 1. The zero-order valence-electron chi connectivity index (χ0n) is 19.0. The van der Waals surface area contributed by atoms with Crippen LogP contribution in [-0.2, 0) is 4.79 Å². The number of carbonyl (C=O) groups excluding carboxylic acids is 1. The van der Waals surface area contributed by atoms with Gasteiger partial charge in [0.2, 0.25) is 5.91 Å².